The van der Waals surface area contributed by atoms with E-state index >= 15 is 0 Å². The van der Waals surface area contributed by atoms with Gasteiger partial charge in [0.05, 0.1) is 0 Å². The number of fused-ring (bicyclic) bond motifs is 1. The molecule has 0 atom stereocenters. The molecule has 0 aliphatic rings. The van der Waals surface area contributed by atoms with Gasteiger partial charge < -0.3 is 0 Å². The zero-order valence-corrected chi connectivity index (χ0v) is 18.1. The second-order valence-electron chi connectivity index (χ2n) is 4.91. The van der Waals surface area contributed by atoms with Crippen LogP contribution in [0.25, 0.3) is 10.8 Å². The lowest BCUT2D eigenvalue weighted by Gasteiger charge is -2.44. The SMILES string of the molecule is [O]c1cccc2cc(C(Cl)(Cl)C(Cl)(Cl)C(Cl)(Cl)C(Cl)(Cl)Cl)ccc12. The number of rotatable bonds is 3. The largest absolute Gasteiger partial charge is 0.289 e. The molecule has 10 heteroatoms. The summed E-state index contributed by atoms with van der Waals surface area (Å²) in [5, 5.41) is 12.8. The smallest absolute Gasteiger partial charge is 0.226 e. The highest BCUT2D eigenvalue weighted by Gasteiger charge is 2.68. The van der Waals surface area contributed by atoms with Gasteiger partial charge in [-0.25, -0.2) is 0 Å². The van der Waals surface area contributed by atoms with Crippen molar-refractivity contribution in [3.63, 3.8) is 0 Å². The van der Waals surface area contributed by atoms with Crippen molar-refractivity contribution < 1.29 is 5.11 Å². The molecule has 1 radical (unpaired) electrons. The van der Waals surface area contributed by atoms with Gasteiger partial charge in [-0.15, -0.1) is 0 Å². The van der Waals surface area contributed by atoms with E-state index < -0.39 is 16.8 Å². The molecule has 0 unspecified atom stereocenters. The Morgan fingerprint density at radius 2 is 1.29 bits per heavy atom. The second kappa shape index (κ2) is 6.93. The van der Waals surface area contributed by atoms with E-state index in [1.54, 1.807) is 12.1 Å². The van der Waals surface area contributed by atoms with Gasteiger partial charge in [0.1, 0.15) is 0 Å². The first-order valence-corrected chi connectivity index (χ1v) is 9.54. The molecule has 0 aliphatic carbocycles. The first-order chi connectivity index (χ1) is 10.7. The molecule has 0 aliphatic heterocycles. The Bertz CT molecular complexity index is 764. The maximum atomic E-state index is 11.8. The average Bonchev–Trinajstić information content (AvgIpc) is 2.45. The topological polar surface area (TPSA) is 19.9 Å². The highest BCUT2D eigenvalue weighted by atomic mass is 35.6. The lowest BCUT2D eigenvalue weighted by Crippen LogP contribution is -2.54. The maximum absolute atomic E-state index is 11.8. The Morgan fingerprint density at radius 1 is 0.708 bits per heavy atom. The number of benzene rings is 2. The van der Waals surface area contributed by atoms with Gasteiger partial charge in [-0.3, -0.25) is 5.11 Å². The summed E-state index contributed by atoms with van der Waals surface area (Å²) < 4.78 is -9.07. The summed E-state index contributed by atoms with van der Waals surface area (Å²) in [6, 6.07) is 9.22. The summed E-state index contributed by atoms with van der Waals surface area (Å²) >= 11 is 54.6. The van der Waals surface area contributed by atoms with Crippen molar-refractivity contribution in [2.75, 3.05) is 0 Å². The van der Waals surface area contributed by atoms with E-state index in [-0.39, 0.29) is 11.3 Å². The summed E-state index contributed by atoms with van der Waals surface area (Å²) in [5.41, 5.74) is 0.217. The van der Waals surface area contributed by atoms with Crippen LogP contribution in [0.2, 0.25) is 0 Å². The number of hydrogen-bond donors (Lipinski definition) is 0. The Labute approximate surface area is 183 Å². The summed E-state index contributed by atoms with van der Waals surface area (Å²) in [7, 11) is 0. The van der Waals surface area contributed by atoms with E-state index in [9.17, 15) is 5.11 Å². The van der Waals surface area contributed by atoms with Crippen LogP contribution in [0.15, 0.2) is 36.4 Å². The summed E-state index contributed by atoms with van der Waals surface area (Å²) in [6.45, 7) is 0. The summed E-state index contributed by atoms with van der Waals surface area (Å²) in [5.74, 6) is -0.165. The Morgan fingerprint density at radius 3 is 1.83 bits per heavy atom. The second-order valence-corrected chi connectivity index (χ2v) is 11.2. The molecule has 0 spiro atoms. The normalized spacial score (nSPS) is 14.2. The van der Waals surface area contributed by atoms with Crippen LogP contribution in [-0.2, 0) is 9.44 Å². The van der Waals surface area contributed by atoms with Crippen molar-refractivity contribution >= 4 is 115 Å². The number of alkyl halides is 9. The molecular weight excluding hydrogens is 503 g/mol. The lowest BCUT2D eigenvalue weighted by atomic mass is 10.0. The molecule has 2 aromatic rings. The van der Waals surface area contributed by atoms with E-state index in [2.05, 4.69) is 0 Å². The average molecular weight is 509 g/mol. The Balaban J connectivity index is 2.61. The predicted octanol–water partition coefficient (Wildman–Crippen LogP) is 8.33. The van der Waals surface area contributed by atoms with E-state index in [0.29, 0.717) is 10.8 Å². The third-order valence-corrected chi connectivity index (χ3v) is 8.82. The van der Waals surface area contributed by atoms with Crippen LogP contribution < -0.4 is 0 Å². The first-order valence-electron chi connectivity index (χ1n) is 6.14. The van der Waals surface area contributed by atoms with E-state index in [1.807, 2.05) is 0 Å². The molecule has 0 aromatic heterocycles. The minimum absolute atomic E-state index is 0.165. The van der Waals surface area contributed by atoms with Gasteiger partial charge in [-0.2, -0.15) is 0 Å². The molecule has 131 valence electrons. The minimum atomic E-state index is -2.37. The van der Waals surface area contributed by atoms with E-state index in [0.717, 1.165) is 0 Å². The fraction of sp³-hybridized carbons (Fsp3) is 0.286. The van der Waals surface area contributed by atoms with E-state index in [4.69, 9.17) is 104 Å². The van der Waals surface area contributed by atoms with Crippen molar-refractivity contribution in [1.82, 2.24) is 0 Å². The third kappa shape index (κ3) is 3.46. The van der Waals surface area contributed by atoms with Crippen molar-refractivity contribution in [3.05, 3.63) is 42.0 Å². The molecule has 0 heterocycles. The molecule has 1 nitrogen and oxygen atoms in total. The highest BCUT2D eigenvalue weighted by molar-refractivity contribution is 6.80. The van der Waals surface area contributed by atoms with Crippen LogP contribution in [0.3, 0.4) is 0 Å². The fourth-order valence-corrected chi connectivity index (χ4v) is 4.22. The third-order valence-electron chi connectivity index (χ3n) is 3.35. The molecule has 0 fully saturated rings. The summed E-state index contributed by atoms with van der Waals surface area (Å²) in [6.07, 6.45) is 0. The van der Waals surface area contributed by atoms with Crippen molar-refractivity contribution in [2.45, 2.75) is 16.8 Å². The standard InChI is InChI=1S/C14H6Cl9O/c15-11(16,12(17,18)13(19,20)14(21,22)23)8-4-5-9-7(6-8)2-1-3-10(9)24/h1-6H. The van der Waals surface area contributed by atoms with Crippen molar-refractivity contribution in [1.29, 1.82) is 0 Å². The van der Waals surface area contributed by atoms with Crippen LogP contribution in [0.4, 0.5) is 0 Å². The number of hydrogen-bond acceptors (Lipinski definition) is 0. The zero-order chi connectivity index (χ0) is 18.6. The predicted molar refractivity (Wildman–Crippen MR) is 107 cm³/mol. The van der Waals surface area contributed by atoms with Gasteiger partial charge in [-0.05, 0) is 23.1 Å². The Hall–Kier alpha value is 1.11. The molecule has 0 bridgehead atoms. The van der Waals surface area contributed by atoms with Gasteiger partial charge in [0.25, 0.3) is 0 Å². The quantitative estimate of drug-likeness (QED) is 0.371. The van der Waals surface area contributed by atoms with Crippen LogP contribution in [-0.4, -0.2) is 12.5 Å². The van der Waals surface area contributed by atoms with Crippen LogP contribution in [0.1, 0.15) is 5.56 Å². The number of halogens is 9. The molecule has 0 N–H and O–H groups in total. The molecule has 0 saturated carbocycles. The van der Waals surface area contributed by atoms with Crippen LogP contribution in [0, 0.1) is 0 Å². The fourth-order valence-electron chi connectivity index (χ4n) is 2.01. The molecule has 0 saturated heterocycles. The van der Waals surface area contributed by atoms with Crippen molar-refractivity contribution in [3.8, 4) is 5.75 Å². The molecule has 2 rings (SSSR count). The maximum Gasteiger partial charge on any atom is 0.226 e. The van der Waals surface area contributed by atoms with Gasteiger partial charge in [0.2, 0.25) is 8.13 Å². The van der Waals surface area contributed by atoms with Gasteiger partial charge >= 0.3 is 0 Å². The van der Waals surface area contributed by atoms with Crippen LogP contribution in [0.5, 0.6) is 5.75 Å². The molecule has 2 aromatic carbocycles. The van der Waals surface area contributed by atoms with Gasteiger partial charge in [0, 0.05) is 5.39 Å². The van der Waals surface area contributed by atoms with E-state index in [1.165, 1.54) is 24.3 Å². The summed E-state index contributed by atoms with van der Waals surface area (Å²) in [4.78, 5) is 0. The molecule has 0 amide bonds. The monoisotopic (exact) mass is 505 g/mol. The van der Waals surface area contributed by atoms with Crippen molar-refractivity contribution in [2.24, 2.45) is 0 Å². The molecule has 24 heavy (non-hydrogen) atoms. The van der Waals surface area contributed by atoms with Gasteiger partial charge in [-0.1, -0.05) is 129 Å². The first kappa shape index (κ1) is 21.4. The van der Waals surface area contributed by atoms with Gasteiger partial charge in [0.15, 0.2) is 14.4 Å². The Kier molecular flexibility index (Phi) is 6.18. The van der Waals surface area contributed by atoms with Crippen LogP contribution >= 0.6 is 104 Å². The minimum Gasteiger partial charge on any atom is -0.289 e. The lowest BCUT2D eigenvalue weighted by molar-refractivity contribution is 0.360. The highest BCUT2D eigenvalue weighted by Crippen LogP contribution is 2.65. The molecular formula is C14H6Cl9O. The zero-order valence-electron chi connectivity index (χ0n) is 11.3.